The number of hydrogen-bond acceptors (Lipinski definition) is 3. The van der Waals surface area contributed by atoms with Crippen LogP contribution in [0.15, 0.2) is 18.2 Å². The van der Waals surface area contributed by atoms with Crippen molar-refractivity contribution in [3.05, 3.63) is 29.8 Å². The Hall–Kier alpha value is -1.89. The van der Waals surface area contributed by atoms with Gasteiger partial charge in [-0.25, -0.2) is 13.6 Å². The first kappa shape index (κ1) is 15.2. The summed E-state index contributed by atoms with van der Waals surface area (Å²) in [4.78, 5) is 11.2. The Labute approximate surface area is 109 Å². The van der Waals surface area contributed by atoms with Crippen molar-refractivity contribution in [2.75, 3.05) is 19.8 Å². The third-order valence-electron chi connectivity index (χ3n) is 2.20. The molecule has 0 spiro atoms. The first-order chi connectivity index (χ1) is 9.02. The third kappa shape index (κ3) is 5.52. The zero-order valence-electron chi connectivity index (χ0n) is 10.5. The lowest BCUT2D eigenvalue weighted by Gasteiger charge is -2.12. The van der Waals surface area contributed by atoms with E-state index in [0.717, 1.165) is 12.1 Å². The maximum absolute atomic E-state index is 12.8. The second-order valence-electron chi connectivity index (χ2n) is 3.91. The number of hydrogen-bond donors (Lipinski definition) is 3. The number of carbonyl (C=O) groups is 1. The van der Waals surface area contributed by atoms with Crippen LogP contribution in [-0.4, -0.2) is 36.9 Å². The Bertz CT molecular complexity index is 429. The maximum Gasteiger partial charge on any atom is 0.315 e. The lowest BCUT2D eigenvalue weighted by atomic mass is 10.3. The van der Waals surface area contributed by atoms with E-state index in [2.05, 4.69) is 10.6 Å². The molecule has 0 unspecified atom stereocenters. The molecule has 7 heteroatoms. The Morgan fingerprint density at radius 1 is 1.42 bits per heavy atom. The number of aliphatic hydroxyl groups excluding tert-OH is 1. The fourth-order valence-corrected chi connectivity index (χ4v) is 1.22. The molecule has 3 N–H and O–H groups in total. The van der Waals surface area contributed by atoms with Crippen molar-refractivity contribution in [3.8, 4) is 5.75 Å². The molecule has 5 nitrogen and oxygen atoms in total. The van der Waals surface area contributed by atoms with Gasteiger partial charge in [-0.15, -0.1) is 0 Å². The number of benzene rings is 1. The van der Waals surface area contributed by atoms with Crippen LogP contribution in [0.2, 0.25) is 0 Å². The molecule has 0 aromatic heterocycles. The second kappa shape index (κ2) is 7.52. The number of rotatable bonds is 6. The lowest BCUT2D eigenvalue weighted by Crippen LogP contribution is -2.43. The first-order valence-corrected chi connectivity index (χ1v) is 5.76. The van der Waals surface area contributed by atoms with Crippen molar-refractivity contribution in [3.63, 3.8) is 0 Å². The third-order valence-corrected chi connectivity index (χ3v) is 2.20. The van der Waals surface area contributed by atoms with Crippen LogP contribution in [0.5, 0.6) is 5.75 Å². The Kier molecular flexibility index (Phi) is 6.01. The molecule has 0 saturated carbocycles. The number of aliphatic hydroxyl groups is 1. The summed E-state index contributed by atoms with van der Waals surface area (Å²) in [5, 5.41) is 13.7. The standard InChI is InChI=1S/C12H16F2N2O3/c1-8(7-17)16-12(18)15-4-5-19-9-2-3-10(13)11(14)6-9/h2-3,6,8,17H,4-5,7H2,1H3,(H2,15,16,18)/t8-/m0/s1. The fraction of sp³-hybridized carbons (Fsp3) is 0.417. The van der Waals surface area contributed by atoms with Gasteiger partial charge in [-0.05, 0) is 19.1 Å². The smallest absolute Gasteiger partial charge is 0.315 e. The molecule has 0 fully saturated rings. The first-order valence-electron chi connectivity index (χ1n) is 5.76. The van der Waals surface area contributed by atoms with E-state index in [9.17, 15) is 13.6 Å². The topological polar surface area (TPSA) is 70.6 Å². The molecule has 0 saturated heterocycles. The normalized spacial score (nSPS) is 11.8. The average Bonchev–Trinajstić information content (AvgIpc) is 2.38. The van der Waals surface area contributed by atoms with Gasteiger partial charge >= 0.3 is 6.03 Å². The molecule has 0 aliphatic carbocycles. The minimum atomic E-state index is -0.986. The maximum atomic E-state index is 12.8. The molecule has 1 aromatic rings. The largest absolute Gasteiger partial charge is 0.492 e. The van der Waals surface area contributed by atoms with Crippen LogP contribution in [0.25, 0.3) is 0 Å². The highest BCUT2D eigenvalue weighted by molar-refractivity contribution is 5.74. The molecule has 1 aromatic carbocycles. The molecule has 2 amide bonds. The fourth-order valence-electron chi connectivity index (χ4n) is 1.22. The van der Waals surface area contributed by atoms with Crippen LogP contribution in [0.4, 0.5) is 13.6 Å². The summed E-state index contributed by atoms with van der Waals surface area (Å²) in [6.45, 7) is 1.81. The summed E-state index contributed by atoms with van der Waals surface area (Å²) in [6, 6.07) is 2.42. The summed E-state index contributed by atoms with van der Waals surface area (Å²) in [5.41, 5.74) is 0. The van der Waals surface area contributed by atoms with E-state index in [-0.39, 0.29) is 31.5 Å². The summed E-state index contributed by atoms with van der Waals surface area (Å²) in [6.07, 6.45) is 0. The minimum absolute atomic E-state index is 0.117. The van der Waals surface area contributed by atoms with Crippen molar-refractivity contribution < 1.29 is 23.4 Å². The molecule has 1 rings (SSSR count). The van der Waals surface area contributed by atoms with Crippen LogP contribution in [0.3, 0.4) is 0 Å². The van der Waals surface area contributed by atoms with Crippen molar-refractivity contribution >= 4 is 6.03 Å². The highest BCUT2D eigenvalue weighted by Crippen LogP contribution is 2.14. The van der Waals surface area contributed by atoms with E-state index in [1.165, 1.54) is 6.07 Å². The van der Waals surface area contributed by atoms with Gasteiger partial charge in [0, 0.05) is 6.07 Å². The number of halogens is 2. The van der Waals surface area contributed by atoms with Crippen LogP contribution < -0.4 is 15.4 Å². The Balaban J connectivity index is 2.23. The van der Waals surface area contributed by atoms with Gasteiger partial charge in [-0.1, -0.05) is 0 Å². The molecular weight excluding hydrogens is 258 g/mol. The van der Waals surface area contributed by atoms with Gasteiger partial charge in [0.05, 0.1) is 19.2 Å². The summed E-state index contributed by atoms with van der Waals surface area (Å²) in [5.74, 6) is -1.74. The molecule has 19 heavy (non-hydrogen) atoms. The Morgan fingerprint density at radius 3 is 2.79 bits per heavy atom. The van der Waals surface area contributed by atoms with Gasteiger partial charge in [0.1, 0.15) is 12.4 Å². The van der Waals surface area contributed by atoms with E-state index >= 15 is 0 Å². The van der Waals surface area contributed by atoms with E-state index < -0.39 is 17.7 Å². The molecule has 0 aliphatic rings. The molecule has 0 aliphatic heterocycles. The summed E-state index contributed by atoms with van der Waals surface area (Å²) >= 11 is 0. The van der Waals surface area contributed by atoms with Gasteiger partial charge < -0.3 is 20.5 Å². The van der Waals surface area contributed by atoms with Gasteiger partial charge in [-0.3, -0.25) is 0 Å². The molecule has 1 atom stereocenters. The quantitative estimate of drug-likeness (QED) is 0.678. The van der Waals surface area contributed by atoms with Crippen molar-refractivity contribution in [1.29, 1.82) is 0 Å². The Morgan fingerprint density at radius 2 is 2.16 bits per heavy atom. The van der Waals surface area contributed by atoms with E-state index in [1.807, 2.05) is 0 Å². The second-order valence-corrected chi connectivity index (χ2v) is 3.91. The van der Waals surface area contributed by atoms with E-state index in [0.29, 0.717) is 0 Å². The van der Waals surface area contributed by atoms with Crippen LogP contribution in [-0.2, 0) is 0 Å². The zero-order valence-corrected chi connectivity index (χ0v) is 10.5. The predicted octanol–water partition coefficient (Wildman–Crippen LogP) is 1.02. The number of ether oxygens (including phenoxy) is 1. The summed E-state index contributed by atoms with van der Waals surface area (Å²) < 4.78 is 30.6. The van der Waals surface area contributed by atoms with Gasteiger partial charge in [0.15, 0.2) is 11.6 Å². The number of carbonyl (C=O) groups excluding carboxylic acids is 1. The monoisotopic (exact) mass is 274 g/mol. The lowest BCUT2D eigenvalue weighted by molar-refractivity contribution is 0.217. The van der Waals surface area contributed by atoms with Crippen molar-refractivity contribution in [2.45, 2.75) is 13.0 Å². The highest BCUT2D eigenvalue weighted by Gasteiger charge is 2.05. The van der Waals surface area contributed by atoms with Crippen molar-refractivity contribution in [1.82, 2.24) is 10.6 Å². The van der Waals surface area contributed by atoms with Gasteiger partial charge in [0.2, 0.25) is 0 Å². The van der Waals surface area contributed by atoms with Crippen molar-refractivity contribution in [2.24, 2.45) is 0 Å². The van der Waals surface area contributed by atoms with E-state index in [1.54, 1.807) is 6.92 Å². The van der Waals surface area contributed by atoms with Crippen LogP contribution >= 0.6 is 0 Å². The SMILES string of the molecule is C[C@@H](CO)NC(=O)NCCOc1ccc(F)c(F)c1. The summed E-state index contributed by atoms with van der Waals surface area (Å²) in [7, 11) is 0. The number of nitrogens with one attached hydrogen (secondary N) is 2. The molecule has 0 heterocycles. The highest BCUT2D eigenvalue weighted by atomic mass is 19.2. The number of amides is 2. The van der Waals surface area contributed by atoms with Crippen LogP contribution in [0.1, 0.15) is 6.92 Å². The number of urea groups is 1. The molecule has 0 bridgehead atoms. The van der Waals surface area contributed by atoms with Gasteiger partial charge in [-0.2, -0.15) is 0 Å². The van der Waals surface area contributed by atoms with Crippen LogP contribution in [0, 0.1) is 11.6 Å². The molecule has 106 valence electrons. The molecule has 0 radical (unpaired) electrons. The zero-order chi connectivity index (χ0) is 14.3. The predicted molar refractivity (Wildman–Crippen MR) is 64.9 cm³/mol. The van der Waals surface area contributed by atoms with Gasteiger partial charge in [0.25, 0.3) is 0 Å². The molecular formula is C12H16F2N2O3. The average molecular weight is 274 g/mol. The van der Waals surface area contributed by atoms with E-state index in [4.69, 9.17) is 9.84 Å². The minimum Gasteiger partial charge on any atom is -0.492 e.